The quantitative estimate of drug-likeness (QED) is 0.340. The van der Waals surface area contributed by atoms with Crippen molar-refractivity contribution in [1.82, 2.24) is 15.5 Å². The molecule has 0 aromatic heterocycles. The van der Waals surface area contributed by atoms with Crippen LogP contribution in [0.15, 0.2) is 17.1 Å². The maximum Gasteiger partial charge on any atom is 0.225 e. The Balaban J connectivity index is 0.00000272. The summed E-state index contributed by atoms with van der Waals surface area (Å²) in [5.74, 6) is 3.14. The first kappa shape index (κ1) is 23.9. The highest BCUT2D eigenvalue weighted by atomic mass is 127. The van der Waals surface area contributed by atoms with E-state index in [4.69, 9.17) is 9.47 Å². The Morgan fingerprint density at radius 3 is 2.77 bits per heavy atom. The van der Waals surface area contributed by atoms with Crippen molar-refractivity contribution < 1.29 is 14.3 Å². The van der Waals surface area contributed by atoms with Gasteiger partial charge in [-0.2, -0.15) is 0 Å². The van der Waals surface area contributed by atoms with Gasteiger partial charge in [0.05, 0.1) is 7.11 Å². The van der Waals surface area contributed by atoms with Gasteiger partial charge in [-0.1, -0.05) is 12.8 Å². The molecule has 4 rings (SSSR count). The number of halogens is 1. The fourth-order valence-electron chi connectivity index (χ4n) is 4.89. The number of nitrogens with one attached hydrogen (secondary N) is 2. The topological polar surface area (TPSA) is 75.2 Å². The average molecular weight is 542 g/mol. The number of methoxy groups -OCH3 is 1. The van der Waals surface area contributed by atoms with E-state index >= 15 is 0 Å². The van der Waals surface area contributed by atoms with Gasteiger partial charge in [0.25, 0.3) is 0 Å². The number of guanidine groups is 1. The summed E-state index contributed by atoms with van der Waals surface area (Å²) in [6.45, 7) is 4.26. The zero-order valence-corrected chi connectivity index (χ0v) is 21.1. The highest BCUT2D eigenvalue weighted by Crippen LogP contribution is 2.35. The standard InChI is InChI=1S/C23H34N4O3.HI/c1-15-10-17-11-20(29-3)18(12-21(17)30-15)13-25-23(24-2)26-19-8-9-27(14-19)22(28)16-6-4-5-7-16;/h11-12,15-16,19H,4-10,13-14H2,1-3H3,(H2,24,25,26);1H. The summed E-state index contributed by atoms with van der Waals surface area (Å²) in [6, 6.07) is 4.37. The maximum atomic E-state index is 12.7. The number of benzene rings is 1. The van der Waals surface area contributed by atoms with E-state index < -0.39 is 0 Å². The van der Waals surface area contributed by atoms with Gasteiger partial charge in [0.1, 0.15) is 17.6 Å². The van der Waals surface area contributed by atoms with Gasteiger partial charge in [0.2, 0.25) is 5.91 Å². The molecule has 2 N–H and O–H groups in total. The lowest BCUT2D eigenvalue weighted by atomic mass is 10.1. The molecule has 0 spiro atoms. The van der Waals surface area contributed by atoms with Gasteiger partial charge >= 0.3 is 0 Å². The van der Waals surface area contributed by atoms with Crippen LogP contribution in [0.4, 0.5) is 0 Å². The highest BCUT2D eigenvalue weighted by Gasteiger charge is 2.32. The second-order valence-electron chi connectivity index (χ2n) is 8.73. The molecule has 2 heterocycles. The number of likely N-dealkylation sites (tertiary alicyclic amines) is 1. The van der Waals surface area contributed by atoms with Gasteiger partial charge in [-0.3, -0.25) is 9.79 Å². The van der Waals surface area contributed by atoms with Crippen LogP contribution < -0.4 is 20.1 Å². The molecule has 1 amide bonds. The minimum Gasteiger partial charge on any atom is -0.496 e. The van der Waals surface area contributed by atoms with Gasteiger partial charge in [-0.15, -0.1) is 24.0 Å². The van der Waals surface area contributed by atoms with Crippen LogP contribution in [0.2, 0.25) is 0 Å². The Kier molecular flexibility index (Phi) is 8.30. The number of aliphatic imine (C=N–C) groups is 1. The zero-order valence-electron chi connectivity index (χ0n) is 18.8. The van der Waals surface area contributed by atoms with Crippen LogP contribution in [-0.2, 0) is 17.8 Å². The van der Waals surface area contributed by atoms with E-state index in [1.807, 2.05) is 4.90 Å². The predicted molar refractivity (Wildman–Crippen MR) is 132 cm³/mol. The van der Waals surface area contributed by atoms with Crippen LogP contribution in [0, 0.1) is 5.92 Å². The average Bonchev–Trinajstić information content (AvgIpc) is 3.49. The molecule has 2 atom stereocenters. The number of ether oxygens (including phenoxy) is 2. The third kappa shape index (κ3) is 5.56. The molecule has 3 aliphatic rings. The first-order chi connectivity index (χ1) is 14.6. The first-order valence-corrected chi connectivity index (χ1v) is 11.2. The normalized spacial score (nSPS) is 23.2. The summed E-state index contributed by atoms with van der Waals surface area (Å²) in [4.78, 5) is 19.1. The van der Waals surface area contributed by atoms with E-state index in [9.17, 15) is 4.79 Å². The molecule has 1 aromatic carbocycles. The molecule has 1 saturated heterocycles. The molecule has 0 bridgehead atoms. The van der Waals surface area contributed by atoms with E-state index in [1.165, 1.54) is 18.4 Å². The lowest BCUT2D eigenvalue weighted by Gasteiger charge is -2.21. The molecule has 8 heteroatoms. The smallest absolute Gasteiger partial charge is 0.225 e. The van der Waals surface area contributed by atoms with E-state index in [0.717, 1.165) is 61.8 Å². The third-order valence-electron chi connectivity index (χ3n) is 6.51. The molecule has 2 fully saturated rings. The molecule has 7 nitrogen and oxygen atoms in total. The van der Waals surface area contributed by atoms with Crippen molar-refractivity contribution in [1.29, 1.82) is 0 Å². The number of rotatable bonds is 5. The summed E-state index contributed by atoms with van der Waals surface area (Å²) in [5, 5.41) is 6.87. The van der Waals surface area contributed by atoms with Crippen molar-refractivity contribution in [3.05, 3.63) is 23.3 Å². The van der Waals surface area contributed by atoms with E-state index in [2.05, 4.69) is 34.7 Å². The monoisotopic (exact) mass is 542 g/mol. The van der Waals surface area contributed by atoms with Crippen LogP contribution >= 0.6 is 24.0 Å². The Hall–Kier alpha value is -1.71. The second kappa shape index (κ2) is 10.7. The molecule has 31 heavy (non-hydrogen) atoms. The summed E-state index contributed by atoms with van der Waals surface area (Å²) in [5.41, 5.74) is 2.24. The minimum atomic E-state index is 0. The first-order valence-electron chi connectivity index (χ1n) is 11.2. The molecule has 172 valence electrons. The predicted octanol–water partition coefficient (Wildman–Crippen LogP) is 3.09. The second-order valence-corrected chi connectivity index (χ2v) is 8.73. The fourth-order valence-corrected chi connectivity index (χ4v) is 4.89. The lowest BCUT2D eigenvalue weighted by Crippen LogP contribution is -2.45. The number of hydrogen-bond donors (Lipinski definition) is 2. The van der Waals surface area contributed by atoms with E-state index in [-0.39, 0.29) is 42.0 Å². The van der Waals surface area contributed by atoms with Crippen LogP contribution in [0.3, 0.4) is 0 Å². The van der Waals surface area contributed by atoms with Crippen molar-refractivity contribution in [2.75, 3.05) is 27.2 Å². The summed E-state index contributed by atoms with van der Waals surface area (Å²) in [6.07, 6.45) is 6.58. The van der Waals surface area contributed by atoms with Crippen molar-refractivity contribution in [2.45, 2.75) is 64.1 Å². The lowest BCUT2D eigenvalue weighted by molar-refractivity contribution is -0.134. The van der Waals surface area contributed by atoms with Gasteiger partial charge in [-0.25, -0.2) is 0 Å². The van der Waals surface area contributed by atoms with E-state index in [1.54, 1.807) is 14.2 Å². The Bertz CT molecular complexity index is 810. The number of hydrogen-bond acceptors (Lipinski definition) is 4. The van der Waals surface area contributed by atoms with Gasteiger partial charge in [0.15, 0.2) is 5.96 Å². The van der Waals surface area contributed by atoms with Crippen LogP contribution in [0.5, 0.6) is 11.5 Å². The molecular formula is C23H35IN4O3. The Labute approximate surface area is 202 Å². The van der Waals surface area contributed by atoms with Crippen molar-refractivity contribution >= 4 is 35.8 Å². The minimum absolute atomic E-state index is 0. The number of carbonyl (C=O) groups excluding carboxylic acids is 1. The molecule has 2 aliphatic heterocycles. The zero-order chi connectivity index (χ0) is 21.1. The molecule has 1 aromatic rings. The summed E-state index contributed by atoms with van der Waals surface area (Å²) in [7, 11) is 3.47. The van der Waals surface area contributed by atoms with Gasteiger partial charge < -0.3 is 25.0 Å². The van der Waals surface area contributed by atoms with E-state index in [0.29, 0.717) is 12.5 Å². The van der Waals surface area contributed by atoms with Crippen LogP contribution in [-0.4, -0.2) is 56.2 Å². The van der Waals surface area contributed by atoms with Gasteiger partial charge in [-0.05, 0) is 38.3 Å². The summed E-state index contributed by atoms with van der Waals surface area (Å²) < 4.78 is 11.5. The number of nitrogens with zero attached hydrogens (tertiary/aromatic N) is 2. The highest BCUT2D eigenvalue weighted by molar-refractivity contribution is 14.0. The third-order valence-corrected chi connectivity index (χ3v) is 6.51. The molecule has 1 aliphatic carbocycles. The van der Waals surface area contributed by atoms with Gasteiger partial charge in [0, 0.05) is 56.2 Å². The van der Waals surface area contributed by atoms with Crippen molar-refractivity contribution in [2.24, 2.45) is 10.9 Å². The molecule has 2 unspecified atom stereocenters. The van der Waals surface area contributed by atoms with Crippen LogP contribution in [0.1, 0.15) is 50.2 Å². The SMILES string of the molecule is CN=C(NCc1cc2c(cc1OC)CC(C)O2)NC1CCN(C(=O)C2CCCC2)C1.I. The summed E-state index contributed by atoms with van der Waals surface area (Å²) >= 11 is 0. The number of fused-ring (bicyclic) bond motifs is 1. The number of amides is 1. The van der Waals surface area contributed by atoms with Crippen LogP contribution in [0.25, 0.3) is 0 Å². The Morgan fingerprint density at radius 2 is 2.06 bits per heavy atom. The molecule has 1 saturated carbocycles. The molecule has 0 radical (unpaired) electrons. The fraction of sp³-hybridized carbons (Fsp3) is 0.652. The molecular weight excluding hydrogens is 507 g/mol. The Morgan fingerprint density at radius 1 is 1.29 bits per heavy atom. The largest absolute Gasteiger partial charge is 0.496 e. The number of carbonyl (C=O) groups is 1. The maximum absolute atomic E-state index is 12.7. The van der Waals surface area contributed by atoms with Crippen molar-refractivity contribution in [3.8, 4) is 11.5 Å². The van der Waals surface area contributed by atoms with Crippen molar-refractivity contribution in [3.63, 3.8) is 0 Å².